The molecule has 0 bridgehead atoms. The normalized spacial score (nSPS) is 10.5. The second-order valence-electron chi connectivity index (χ2n) is 5.15. The van der Waals surface area contributed by atoms with Crippen molar-refractivity contribution in [3.8, 4) is 16.9 Å². The number of phenolic OH excluding ortho intramolecular Hbond substituents is 1. The molecule has 0 aliphatic carbocycles. The Morgan fingerprint density at radius 1 is 1.04 bits per heavy atom. The number of nitrogens with zero attached hydrogens (tertiary/aromatic N) is 1. The van der Waals surface area contributed by atoms with E-state index in [1.54, 1.807) is 19.2 Å². The van der Waals surface area contributed by atoms with Crippen LogP contribution in [0.1, 0.15) is 0 Å². The van der Waals surface area contributed by atoms with Crippen molar-refractivity contribution in [1.82, 2.24) is 4.57 Å². The van der Waals surface area contributed by atoms with E-state index in [0.29, 0.717) is 16.9 Å². The summed E-state index contributed by atoms with van der Waals surface area (Å²) < 4.78 is 15.0. The fourth-order valence-electron chi connectivity index (χ4n) is 2.32. The molecule has 0 fully saturated rings. The molecule has 5 heteroatoms. The lowest BCUT2D eigenvalue weighted by molar-refractivity contribution is 0.432. The molecule has 0 aliphatic heterocycles. The van der Waals surface area contributed by atoms with Crippen LogP contribution in [-0.2, 0) is 7.05 Å². The maximum absolute atomic E-state index is 13.5. The maximum atomic E-state index is 13.5. The molecule has 2 N–H and O–H groups in total. The second kappa shape index (κ2) is 5.96. The lowest BCUT2D eigenvalue weighted by atomic mass is 10.1. The first-order valence-corrected chi connectivity index (χ1v) is 7.07. The first-order valence-electron chi connectivity index (χ1n) is 7.07. The van der Waals surface area contributed by atoms with Gasteiger partial charge in [-0.05, 0) is 42.0 Å². The standard InChI is InChI=1S/C18H15FN2O2/c1-21-17(20-13-5-3-2-4-6-13)10-8-14(18(21)23)12-7-9-16(22)15(19)11-12/h2-11,20,22H,1H3. The Morgan fingerprint density at radius 3 is 2.48 bits per heavy atom. The van der Waals surface area contributed by atoms with Gasteiger partial charge in [0.25, 0.3) is 5.56 Å². The lowest BCUT2D eigenvalue weighted by Crippen LogP contribution is -2.20. The largest absolute Gasteiger partial charge is 0.505 e. The van der Waals surface area contributed by atoms with Crippen molar-refractivity contribution in [1.29, 1.82) is 0 Å². The van der Waals surface area contributed by atoms with Gasteiger partial charge in [0.1, 0.15) is 5.82 Å². The first-order chi connectivity index (χ1) is 11.1. The molecule has 0 spiro atoms. The number of pyridine rings is 1. The molecule has 0 atom stereocenters. The molecule has 2 aromatic carbocycles. The van der Waals surface area contributed by atoms with Gasteiger partial charge in [0, 0.05) is 18.3 Å². The fraction of sp³-hybridized carbons (Fsp3) is 0.0556. The van der Waals surface area contributed by atoms with Crippen LogP contribution in [0.4, 0.5) is 15.9 Å². The third-order valence-corrected chi connectivity index (χ3v) is 3.61. The van der Waals surface area contributed by atoms with Crippen LogP contribution in [0.3, 0.4) is 0 Å². The third-order valence-electron chi connectivity index (χ3n) is 3.61. The highest BCUT2D eigenvalue weighted by molar-refractivity contribution is 5.66. The molecule has 0 aliphatic rings. The number of benzene rings is 2. The van der Waals surface area contributed by atoms with E-state index < -0.39 is 11.6 Å². The monoisotopic (exact) mass is 310 g/mol. The van der Waals surface area contributed by atoms with Gasteiger partial charge in [-0.15, -0.1) is 0 Å². The van der Waals surface area contributed by atoms with Crippen LogP contribution in [0, 0.1) is 5.82 Å². The zero-order valence-electron chi connectivity index (χ0n) is 12.5. The molecule has 3 rings (SSSR count). The Labute approximate surface area is 132 Å². The van der Waals surface area contributed by atoms with Crippen molar-refractivity contribution in [3.63, 3.8) is 0 Å². The SMILES string of the molecule is Cn1c(Nc2ccccc2)ccc(-c2ccc(O)c(F)c2)c1=O. The van der Waals surface area contributed by atoms with Gasteiger partial charge in [-0.2, -0.15) is 0 Å². The van der Waals surface area contributed by atoms with E-state index in [9.17, 15) is 14.3 Å². The summed E-state index contributed by atoms with van der Waals surface area (Å²) in [5.41, 5.74) is 1.40. The van der Waals surface area contributed by atoms with Crippen LogP contribution >= 0.6 is 0 Å². The van der Waals surface area contributed by atoms with Crippen molar-refractivity contribution in [3.05, 3.63) is 76.8 Å². The molecule has 116 valence electrons. The number of aromatic nitrogens is 1. The van der Waals surface area contributed by atoms with Gasteiger partial charge < -0.3 is 10.4 Å². The van der Waals surface area contributed by atoms with Crippen LogP contribution in [0.15, 0.2) is 65.5 Å². The topological polar surface area (TPSA) is 54.3 Å². The van der Waals surface area contributed by atoms with Gasteiger partial charge in [-0.3, -0.25) is 9.36 Å². The predicted octanol–water partition coefficient (Wildman–Crippen LogP) is 3.64. The molecule has 1 aromatic heterocycles. The number of hydrogen-bond acceptors (Lipinski definition) is 3. The third kappa shape index (κ3) is 2.94. The molecule has 3 aromatic rings. The second-order valence-corrected chi connectivity index (χ2v) is 5.15. The molecule has 0 amide bonds. The zero-order valence-corrected chi connectivity index (χ0v) is 12.5. The number of halogens is 1. The smallest absolute Gasteiger partial charge is 0.259 e. The highest BCUT2D eigenvalue weighted by Crippen LogP contribution is 2.24. The van der Waals surface area contributed by atoms with Gasteiger partial charge in [0.2, 0.25) is 0 Å². The van der Waals surface area contributed by atoms with Crippen LogP contribution in [-0.4, -0.2) is 9.67 Å². The summed E-state index contributed by atoms with van der Waals surface area (Å²) in [7, 11) is 1.65. The Kier molecular flexibility index (Phi) is 3.85. The van der Waals surface area contributed by atoms with E-state index in [4.69, 9.17) is 0 Å². The number of aromatic hydroxyl groups is 1. The molecule has 23 heavy (non-hydrogen) atoms. The number of nitrogens with one attached hydrogen (secondary N) is 1. The summed E-state index contributed by atoms with van der Waals surface area (Å²) in [5.74, 6) is -0.562. The van der Waals surface area contributed by atoms with Gasteiger partial charge in [-0.25, -0.2) is 4.39 Å². The fourth-order valence-corrected chi connectivity index (χ4v) is 2.32. The maximum Gasteiger partial charge on any atom is 0.259 e. The summed E-state index contributed by atoms with van der Waals surface area (Å²) in [6.45, 7) is 0. The minimum atomic E-state index is -0.754. The van der Waals surface area contributed by atoms with Crippen molar-refractivity contribution >= 4 is 11.5 Å². The van der Waals surface area contributed by atoms with Crippen LogP contribution in [0.2, 0.25) is 0 Å². The molecule has 1 heterocycles. The van der Waals surface area contributed by atoms with Crippen molar-refractivity contribution < 1.29 is 9.50 Å². The average molecular weight is 310 g/mol. The Bertz CT molecular complexity index is 905. The molecular weight excluding hydrogens is 295 g/mol. The van der Waals surface area contributed by atoms with E-state index in [1.165, 1.54) is 16.7 Å². The number of hydrogen-bond donors (Lipinski definition) is 2. The van der Waals surface area contributed by atoms with E-state index in [-0.39, 0.29) is 5.56 Å². The number of rotatable bonds is 3. The summed E-state index contributed by atoms with van der Waals surface area (Å²) in [6.07, 6.45) is 0. The summed E-state index contributed by atoms with van der Waals surface area (Å²) in [4.78, 5) is 12.5. The van der Waals surface area contributed by atoms with Gasteiger partial charge in [-0.1, -0.05) is 24.3 Å². The van der Waals surface area contributed by atoms with E-state index >= 15 is 0 Å². The summed E-state index contributed by atoms with van der Waals surface area (Å²) >= 11 is 0. The van der Waals surface area contributed by atoms with Crippen molar-refractivity contribution in [2.24, 2.45) is 7.05 Å². The van der Waals surface area contributed by atoms with Gasteiger partial charge >= 0.3 is 0 Å². The van der Waals surface area contributed by atoms with Crippen LogP contribution in [0.25, 0.3) is 11.1 Å². The van der Waals surface area contributed by atoms with Crippen LogP contribution in [0.5, 0.6) is 5.75 Å². The molecule has 0 unspecified atom stereocenters. The highest BCUT2D eigenvalue weighted by Gasteiger charge is 2.10. The number of phenols is 1. The van der Waals surface area contributed by atoms with E-state index in [1.807, 2.05) is 30.3 Å². The first kappa shape index (κ1) is 14.8. The number of anilines is 2. The Balaban J connectivity index is 2.00. The Hall–Kier alpha value is -3.08. The minimum Gasteiger partial charge on any atom is -0.505 e. The summed E-state index contributed by atoms with van der Waals surface area (Å²) in [6, 6.07) is 16.8. The predicted molar refractivity (Wildman–Crippen MR) is 88.5 cm³/mol. The van der Waals surface area contributed by atoms with E-state index in [2.05, 4.69) is 5.32 Å². The van der Waals surface area contributed by atoms with Crippen molar-refractivity contribution in [2.75, 3.05) is 5.32 Å². The zero-order chi connectivity index (χ0) is 16.4. The average Bonchev–Trinajstić information content (AvgIpc) is 2.56. The Morgan fingerprint density at radius 2 is 1.78 bits per heavy atom. The minimum absolute atomic E-state index is 0.254. The number of para-hydroxylation sites is 1. The molecule has 4 nitrogen and oxygen atoms in total. The van der Waals surface area contributed by atoms with Gasteiger partial charge in [0.05, 0.1) is 0 Å². The molecule has 0 saturated heterocycles. The van der Waals surface area contributed by atoms with Crippen molar-refractivity contribution in [2.45, 2.75) is 0 Å². The molecule has 0 saturated carbocycles. The summed E-state index contributed by atoms with van der Waals surface area (Å²) in [5, 5.41) is 12.4. The molecule has 0 radical (unpaired) electrons. The van der Waals surface area contributed by atoms with E-state index in [0.717, 1.165) is 11.8 Å². The van der Waals surface area contributed by atoms with Crippen LogP contribution < -0.4 is 10.9 Å². The lowest BCUT2D eigenvalue weighted by Gasteiger charge is -2.13. The molecular formula is C18H15FN2O2. The highest BCUT2D eigenvalue weighted by atomic mass is 19.1. The van der Waals surface area contributed by atoms with Gasteiger partial charge in [0.15, 0.2) is 11.6 Å². The quantitative estimate of drug-likeness (QED) is 0.776.